The highest BCUT2D eigenvalue weighted by Gasteiger charge is 2.20. The van der Waals surface area contributed by atoms with Crippen molar-refractivity contribution in [1.82, 2.24) is 20.0 Å². The highest BCUT2D eigenvalue weighted by molar-refractivity contribution is 6.02. The van der Waals surface area contributed by atoms with Crippen LogP contribution in [0.5, 0.6) is 0 Å². The second-order valence-electron chi connectivity index (χ2n) is 5.55. The summed E-state index contributed by atoms with van der Waals surface area (Å²) in [5, 5.41) is 13.0. The fraction of sp³-hybridized carbons (Fsp3) is 0.385. The van der Waals surface area contributed by atoms with Gasteiger partial charge < -0.3 is 5.32 Å². The predicted molar refractivity (Wildman–Crippen MR) is 74.7 cm³/mol. The zero-order chi connectivity index (χ0) is 14.9. The van der Waals surface area contributed by atoms with Gasteiger partial charge in [0.1, 0.15) is 11.5 Å². The van der Waals surface area contributed by atoms with Crippen LogP contribution >= 0.6 is 0 Å². The lowest BCUT2D eigenvalue weighted by Gasteiger charge is -2.13. The average molecular weight is 275 g/mol. The molecule has 2 aromatic rings. The Balaban J connectivity index is 2.22. The van der Waals surface area contributed by atoms with Gasteiger partial charge in [-0.1, -0.05) is 20.8 Å². The van der Waals surface area contributed by atoms with Crippen molar-refractivity contribution in [1.29, 1.82) is 0 Å². The van der Waals surface area contributed by atoms with Gasteiger partial charge >= 0.3 is 0 Å². The SMILES string of the molecule is Cn1nc(C(C)(C)C)cc1NC(=O)c1ccc(=O)[nH]n1. The molecule has 2 rings (SSSR count). The molecule has 0 spiro atoms. The Kier molecular flexibility index (Phi) is 3.44. The normalized spacial score (nSPS) is 11.4. The quantitative estimate of drug-likeness (QED) is 0.856. The predicted octanol–water partition coefficient (Wildman–Crippen LogP) is 1.05. The monoisotopic (exact) mass is 275 g/mol. The molecule has 0 aromatic carbocycles. The van der Waals surface area contributed by atoms with Crippen LogP contribution in [0.3, 0.4) is 0 Å². The van der Waals surface area contributed by atoms with Gasteiger partial charge in [-0.15, -0.1) is 0 Å². The molecule has 2 heterocycles. The molecular weight excluding hydrogens is 258 g/mol. The molecule has 20 heavy (non-hydrogen) atoms. The maximum absolute atomic E-state index is 12.0. The van der Waals surface area contributed by atoms with Crippen LogP contribution in [0.2, 0.25) is 0 Å². The number of aromatic nitrogens is 4. The molecule has 7 heteroatoms. The third-order valence-electron chi connectivity index (χ3n) is 2.80. The van der Waals surface area contributed by atoms with Crippen molar-refractivity contribution in [2.75, 3.05) is 5.32 Å². The number of carbonyl (C=O) groups is 1. The zero-order valence-electron chi connectivity index (χ0n) is 11.9. The molecule has 2 N–H and O–H groups in total. The molecule has 0 saturated heterocycles. The van der Waals surface area contributed by atoms with Crippen molar-refractivity contribution in [3.63, 3.8) is 0 Å². The van der Waals surface area contributed by atoms with E-state index in [0.717, 1.165) is 5.69 Å². The number of carbonyl (C=O) groups excluding carboxylic acids is 1. The van der Waals surface area contributed by atoms with Crippen molar-refractivity contribution >= 4 is 11.7 Å². The van der Waals surface area contributed by atoms with Gasteiger partial charge in [-0.2, -0.15) is 10.2 Å². The van der Waals surface area contributed by atoms with Crippen molar-refractivity contribution in [2.24, 2.45) is 7.05 Å². The first-order valence-electron chi connectivity index (χ1n) is 6.19. The summed E-state index contributed by atoms with van der Waals surface area (Å²) in [5.41, 5.74) is 0.571. The first kappa shape index (κ1) is 14.0. The first-order valence-corrected chi connectivity index (χ1v) is 6.19. The lowest BCUT2D eigenvalue weighted by molar-refractivity contribution is 0.102. The van der Waals surface area contributed by atoms with E-state index >= 15 is 0 Å². The van der Waals surface area contributed by atoms with Gasteiger partial charge in [-0.25, -0.2) is 5.10 Å². The molecule has 0 saturated carbocycles. The second-order valence-corrected chi connectivity index (χ2v) is 5.55. The Morgan fingerprint density at radius 2 is 2.05 bits per heavy atom. The minimum atomic E-state index is -0.398. The van der Waals surface area contributed by atoms with Gasteiger partial charge in [-0.05, 0) is 6.07 Å². The highest BCUT2D eigenvalue weighted by atomic mass is 16.2. The molecule has 0 radical (unpaired) electrons. The van der Waals surface area contributed by atoms with Crippen LogP contribution < -0.4 is 10.9 Å². The maximum Gasteiger partial charge on any atom is 0.277 e. The molecule has 0 aliphatic heterocycles. The van der Waals surface area contributed by atoms with Crippen LogP contribution in [-0.4, -0.2) is 25.9 Å². The number of rotatable bonds is 2. The Labute approximate surface area is 116 Å². The van der Waals surface area contributed by atoms with Crippen molar-refractivity contribution in [2.45, 2.75) is 26.2 Å². The number of amides is 1. The van der Waals surface area contributed by atoms with Crippen LogP contribution in [0, 0.1) is 0 Å². The van der Waals surface area contributed by atoms with Crippen molar-refractivity contribution in [3.8, 4) is 0 Å². The molecule has 0 bridgehead atoms. The molecule has 2 aromatic heterocycles. The number of H-pyrrole nitrogens is 1. The third-order valence-corrected chi connectivity index (χ3v) is 2.80. The molecule has 0 unspecified atom stereocenters. The molecule has 0 atom stereocenters. The van der Waals surface area contributed by atoms with Gasteiger partial charge in [0.05, 0.1) is 5.69 Å². The number of hydrogen-bond acceptors (Lipinski definition) is 4. The van der Waals surface area contributed by atoms with E-state index in [-0.39, 0.29) is 16.7 Å². The fourth-order valence-corrected chi connectivity index (χ4v) is 1.60. The van der Waals surface area contributed by atoms with E-state index in [0.29, 0.717) is 5.82 Å². The lowest BCUT2D eigenvalue weighted by Crippen LogP contribution is -2.18. The first-order chi connectivity index (χ1) is 9.27. The third kappa shape index (κ3) is 2.93. The summed E-state index contributed by atoms with van der Waals surface area (Å²) in [6.07, 6.45) is 0. The Morgan fingerprint density at radius 1 is 1.35 bits per heavy atom. The van der Waals surface area contributed by atoms with Gasteiger partial charge in [-0.3, -0.25) is 14.3 Å². The van der Waals surface area contributed by atoms with E-state index in [1.165, 1.54) is 12.1 Å². The molecule has 0 aliphatic carbocycles. The van der Waals surface area contributed by atoms with Crippen LogP contribution in [-0.2, 0) is 12.5 Å². The van der Waals surface area contributed by atoms with E-state index in [2.05, 4.69) is 20.6 Å². The minimum Gasteiger partial charge on any atom is -0.305 e. The summed E-state index contributed by atoms with van der Waals surface area (Å²) in [4.78, 5) is 22.9. The Hall–Kier alpha value is -2.44. The summed E-state index contributed by atoms with van der Waals surface area (Å²) >= 11 is 0. The van der Waals surface area contributed by atoms with Crippen LogP contribution in [0.25, 0.3) is 0 Å². The van der Waals surface area contributed by atoms with Gasteiger partial charge in [0.15, 0.2) is 0 Å². The van der Waals surface area contributed by atoms with Crippen molar-refractivity contribution in [3.05, 3.63) is 39.9 Å². The highest BCUT2D eigenvalue weighted by Crippen LogP contribution is 2.23. The number of nitrogens with one attached hydrogen (secondary N) is 2. The largest absolute Gasteiger partial charge is 0.305 e. The minimum absolute atomic E-state index is 0.100. The summed E-state index contributed by atoms with van der Waals surface area (Å²) in [6.45, 7) is 6.14. The van der Waals surface area contributed by atoms with Crippen LogP contribution in [0.1, 0.15) is 37.0 Å². The van der Waals surface area contributed by atoms with E-state index in [1.54, 1.807) is 11.7 Å². The summed E-state index contributed by atoms with van der Waals surface area (Å²) < 4.78 is 1.60. The molecule has 0 aliphatic rings. The van der Waals surface area contributed by atoms with E-state index in [1.807, 2.05) is 26.8 Å². The summed E-state index contributed by atoms with van der Waals surface area (Å²) in [6, 6.07) is 4.45. The molecule has 106 valence electrons. The van der Waals surface area contributed by atoms with Crippen molar-refractivity contribution < 1.29 is 4.79 Å². The molecule has 1 amide bonds. The number of nitrogens with zero attached hydrogens (tertiary/aromatic N) is 3. The number of hydrogen-bond donors (Lipinski definition) is 2. The van der Waals surface area contributed by atoms with Gasteiger partial charge in [0, 0.05) is 24.6 Å². The average Bonchev–Trinajstić information content (AvgIpc) is 2.71. The van der Waals surface area contributed by atoms with E-state index in [4.69, 9.17) is 0 Å². The lowest BCUT2D eigenvalue weighted by atomic mass is 9.92. The zero-order valence-corrected chi connectivity index (χ0v) is 11.9. The Morgan fingerprint density at radius 3 is 2.55 bits per heavy atom. The standard InChI is InChI=1S/C13H17N5O2/c1-13(2,3)9-7-10(18(4)17-9)14-12(20)8-5-6-11(19)16-15-8/h5-7H,1-4H3,(H,14,20)(H,16,19). The maximum atomic E-state index is 12.0. The van der Waals surface area contributed by atoms with E-state index in [9.17, 15) is 9.59 Å². The van der Waals surface area contributed by atoms with Gasteiger partial charge in [0.25, 0.3) is 11.5 Å². The van der Waals surface area contributed by atoms with E-state index < -0.39 is 5.91 Å². The van der Waals surface area contributed by atoms with Crippen LogP contribution in [0.4, 0.5) is 5.82 Å². The molecular formula is C13H17N5O2. The summed E-state index contributed by atoms with van der Waals surface area (Å²) in [7, 11) is 1.76. The van der Waals surface area contributed by atoms with Crippen LogP contribution in [0.15, 0.2) is 23.0 Å². The number of aromatic amines is 1. The smallest absolute Gasteiger partial charge is 0.277 e. The fourth-order valence-electron chi connectivity index (χ4n) is 1.60. The molecule has 7 nitrogen and oxygen atoms in total. The topological polar surface area (TPSA) is 92.7 Å². The van der Waals surface area contributed by atoms with Gasteiger partial charge in [0.2, 0.25) is 0 Å². The molecule has 0 fully saturated rings. The number of aryl methyl sites for hydroxylation is 1. The Bertz CT molecular complexity index is 673. The number of anilines is 1. The summed E-state index contributed by atoms with van der Waals surface area (Å²) in [5.74, 6) is 0.178. The second kappa shape index (κ2) is 4.92.